The predicted molar refractivity (Wildman–Crippen MR) is 66.0 cm³/mol. The molecule has 0 aromatic carbocycles. The zero-order valence-electron chi connectivity index (χ0n) is 9.90. The zero-order valence-corrected chi connectivity index (χ0v) is 10.7. The van der Waals surface area contributed by atoms with Gasteiger partial charge in [0.05, 0.1) is 19.2 Å². The smallest absolute Gasteiger partial charge is 0.315 e. The van der Waals surface area contributed by atoms with Crippen molar-refractivity contribution in [3.63, 3.8) is 0 Å². The first-order valence-corrected chi connectivity index (χ1v) is 7.01. The molecule has 0 bridgehead atoms. The van der Waals surface area contributed by atoms with E-state index in [1.165, 1.54) is 7.11 Å². The predicted octanol–water partition coefficient (Wildman–Crippen LogP) is 0.885. The minimum absolute atomic E-state index is 0.0418. The molecule has 0 spiro atoms. The normalized spacial score (nSPS) is 30.6. The number of esters is 1. The largest absolute Gasteiger partial charge is 0.469 e. The van der Waals surface area contributed by atoms with E-state index in [1.807, 2.05) is 11.8 Å². The second-order valence-corrected chi connectivity index (χ2v) is 5.72. The number of methoxy groups -OCH3 is 1. The molecule has 5 nitrogen and oxygen atoms in total. The van der Waals surface area contributed by atoms with Crippen molar-refractivity contribution in [2.45, 2.75) is 43.0 Å². The number of thioether (sulfide) groups is 1. The van der Waals surface area contributed by atoms with Gasteiger partial charge in [0, 0.05) is 17.4 Å². The number of unbranched alkanes of at least 4 members (excludes halogenated alkanes) is 1. The maximum Gasteiger partial charge on any atom is 0.315 e. The summed E-state index contributed by atoms with van der Waals surface area (Å²) in [7, 11) is 1.42. The number of urea groups is 1. The Kier molecular flexibility index (Phi) is 4.15. The van der Waals surface area contributed by atoms with Crippen LogP contribution in [0.25, 0.3) is 0 Å². The van der Waals surface area contributed by atoms with E-state index in [9.17, 15) is 9.59 Å². The van der Waals surface area contributed by atoms with E-state index >= 15 is 0 Å². The molecular formula is C11H18N2O3S. The van der Waals surface area contributed by atoms with Crippen molar-refractivity contribution in [2.75, 3.05) is 12.9 Å². The van der Waals surface area contributed by atoms with E-state index in [-0.39, 0.29) is 24.1 Å². The number of fused-ring (bicyclic) bond motifs is 1. The molecule has 2 unspecified atom stereocenters. The maximum absolute atomic E-state index is 11.2. The molecule has 2 fully saturated rings. The van der Waals surface area contributed by atoms with Crippen LogP contribution in [0.2, 0.25) is 0 Å². The van der Waals surface area contributed by atoms with Crippen LogP contribution < -0.4 is 10.6 Å². The molecule has 0 saturated carbocycles. The molecule has 2 aliphatic heterocycles. The fourth-order valence-corrected chi connectivity index (χ4v) is 3.90. The second kappa shape index (κ2) is 5.62. The quantitative estimate of drug-likeness (QED) is 0.436. The van der Waals surface area contributed by atoms with Crippen LogP contribution in [-0.4, -0.2) is 42.2 Å². The van der Waals surface area contributed by atoms with Gasteiger partial charge in [-0.1, -0.05) is 6.42 Å². The average molecular weight is 258 g/mol. The van der Waals surface area contributed by atoms with Gasteiger partial charge in [-0.25, -0.2) is 4.79 Å². The number of amides is 2. The first-order chi connectivity index (χ1) is 8.20. The average Bonchev–Trinajstić information content (AvgIpc) is 2.84. The Labute approximate surface area is 105 Å². The summed E-state index contributed by atoms with van der Waals surface area (Å²) < 4.78 is 4.59. The van der Waals surface area contributed by atoms with Gasteiger partial charge in [0.1, 0.15) is 0 Å². The minimum Gasteiger partial charge on any atom is -0.469 e. The second-order valence-electron chi connectivity index (χ2n) is 4.44. The molecule has 3 atom stereocenters. The van der Waals surface area contributed by atoms with Crippen molar-refractivity contribution < 1.29 is 14.3 Å². The van der Waals surface area contributed by atoms with Crippen LogP contribution in [0.3, 0.4) is 0 Å². The van der Waals surface area contributed by atoms with Crippen LogP contribution in [-0.2, 0) is 9.53 Å². The third-order valence-corrected chi connectivity index (χ3v) is 4.79. The summed E-state index contributed by atoms with van der Waals surface area (Å²) >= 11 is 1.91. The van der Waals surface area contributed by atoms with Crippen molar-refractivity contribution in [3.8, 4) is 0 Å². The summed E-state index contributed by atoms with van der Waals surface area (Å²) in [5.74, 6) is 0.850. The summed E-state index contributed by atoms with van der Waals surface area (Å²) in [4.78, 5) is 22.1. The third kappa shape index (κ3) is 3.06. The van der Waals surface area contributed by atoms with E-state index in [0.29, 0.717) is 11.7 Å². The van der Waals surface area contributed by atoms with Gasteiger partial charge in [-0.3, -0.25) is 4.79 Å². The van der Waals surface area contributed by atoms with Crippen LogP contribution in [0.5, 0.6) is 0 Å². The van der Waals surface area contributed by atoms with Crippen LogP contribution in [0.4, 0.5) is 4.79 Å². The van der Waals surface area contributed by atoms with Crippen LogP contribution in [0, 0.1) is 0 Å². The highest BCUT2D eigenvalue weighted by Gasteiger charge is 2.42. The lowest BCUT2D eigenvalue weighted by Gasteiger charge is -2.16. The standard InChI is InChI=1S/C11H18N2O3S/c1-16-9(14)5-3-2-4-8-10-7(6-17-8)12-11(15)13-10/h7-8,10H,2-6H2,1H3,(H2,12,13,15)/t7-,8?,10?/m0/s1. The Morgan fingerprint density at radius 2 is 2.29 bits per heavy atom. The molecular weight excluding hydrogens is 240 g/mol. The molecule has 2 saturated heterocycles. The molecule has 2 rings (SSSR count). The highest BCUT2D eigenvalue weighted by molar-refractivity contribution is 8.00. The molecule has 2 heterocycles. The van der Waals surface area contributed by atoms with E-state index in [1.54, 1.807) is 0 Å². The Morgan fingerprint density at radius 1 is 1.47 bits per heavy atom. The monoisotopic (exact) mass is 258 g/mol. The Morgan fingerprint density at radius 3 is 3.06 bits per heavy atom. The van der Waals surface area contributed by atoms with Crippen molar-refractivity contribution in [1.82, 2.24) is 10.6 Å². The van der Waals surface area contributed by atoms with E-state index < -0.39 is 0 Å². The van der Waals surface area contributed by atoms with E-state index in [4.69, 9.17) is 0 Å². The van der Waals surface area contributed by atoms with Gasteiger partial charge in [0.15, 0.2) is 0 Å². The van der Waals surface area contributed by atoms with Crippen molar-refractivity contribution in [2.24, 2.45) is 0 Å². The van der Waals surface area contributed by atoms with Crippen molar-refractivity contribution in [3.05, 3.63) is 0 Å². The molecule has 17 heavy (non-hydrogen) atoms. The fourth-order valence-electron chi connectivity index (χ4n) is 2.36. The lowest BCUT2D eigenvalue weighted by molar-refractivity contribution is -0.140. The Hall–Kier alpha value is -0.910. The SMILES string of the molecule is COC(=O)CCCCC1SC[C@@H]2NC(=O)NC12. The number of nitrogens with one attached hydrogen (secondary N) is 2. The van der Waals surface area contributed by atoms with Gasteiger partial charge in [0.2, 0.25) is 0 Å². The summed E-state index contributed by atoms with van der Waals surface area (Å²) in [6.07, 6.45) is 3.41. The van der Waals surface area contributed by atoms with Crippen LogP contribution in [0.15, 0.2) is 0 Å². The van der Waals surface area contributed by atoms with E-state index in [2.05, 4.69) is 15.4 Å². The molecule has 0 radical (unpaired) electrons. The number of carbonyl (C=O) groups excluding carboxylic acids is 2. The highest BCUT2D eigenvalue weighted by atomic mass is 32.2. The minimum atomic E-state index is -0.141. The van der Waals surface area contributed by atoms with Crippen molar-refractivity contribution >= 4 is 23.8 Å². The number of carbonyl (C=O) groups is 2. The summed E-state index contributed by atoms with van der Waals surface area (Å²) in [6, 6.07) is 0.517. The molecule has 96 valence electrons. The summed E-state index contributed by atoms with van der Waals surface area (Å²) in [6.45, 7) is 0. The number of hydrogen-bond acceptors (Lipinski definition) is 4. The highest BCUT2D eigenvalue weighted by Crippen LogP contribution is 2.33. The molecule has 0 aromatic rings. The topological polar surface area (TPSA) is 67.4 Å². The number of hydrogen-bond donors (Lipinski definition) is 2. The zero-order chi connectivity index (χ0) is 12.3. The van der Waals surface area contributed by atoms with Crippen LogP contribution >= 0.6 is 11.8 Å². The first kappa shape index (κ1) is 12.5. The molecule has 0 aliphatic carbocycles. The third-order valence-electron chi connectivity index (χ3n) is 3.29. The summed E-state index contributed by atoms with van der Waals surface area (Å²) in [5.41, 5.74) is 0. The van der Waals surface area contributed by atoms with Gasteiger partial charge in [-0.15, -0.1) is 0 Å². The van der Waals surface area contributed by atoms with Crippen LogP contribution in [0.1, 0.15) is 25.7 Å². The number of ether oxygens (including phenoxy) is 1. The van der Waals surface area contributed by atoms with Gasteiger partial charge < -0.3 is 15.4 Å². The molecule has 2 aliphatic rings. The number of rotatable bonds is 5. The molecule has 2 amide bonds. The Bertz CT molecular complexity index is 311. The summed E-state index contributed by atoms with van der Waals surface area (Å²) in [5, 5.41) is 6.37. The lowest BCUT2D eigenvalue weighted by atomic mass is 10.0. The molecule has 6 heteroatoms. The first-order valence-electron chi connectivity index (χ1n) is 5.96. The molecule has 2 N–H and O–H groups in total. The van der Waals surface area contributed by atoms with Crippen molar-refractivity contribution in [1.29, 1.82) is 0 Å². The van der Waals surface area contributed by atoms with Gasteiger partial charge in [-0.05, 0) is 12.8 Å². The maximum atomic E-state index is 11.2. The van der Waals surface area contributed by atoms with Gasteiger partial charge in [-0.2, -0.15) is 11.8 Å². The Balaban J connectivity index is 1.66. The van der Waals surface area contributed by atoms with Gasteiger partial charge >= 0.3 is 12.0 Å². The molecule has 0 aromatic heterocycles. The lowest BCUT2D eigenvalue weighted by Crippen LogP contribution is -2.36. The van der Waals surface area contributed by atoms with E-state index in [0.717, 1.165) is 25.0 Å². The van der Waals surface area contributed by atoms with Gasteiger partial charge in [0.25, 0.3) is 0 Å². The fraction of sp³-hybridized carbons (Fsp3) is 0.818.